The second kappa shape index (κ2) is 14.4. The van der Waals surface area contributed by atoms with E-state index in [0.717, 1.165) is 12.8 Å². The molecular formula is C30H30F5N5O. The van der Waals surface area contributed by atoms with Gasteiger partial charge in [0.1, 0.15) is 18.1 Å². The number of hydrogen-bond acceptors (Lipinski definition) is 5. The second-order valence-corrected chi connectivity index (χ2v) is 9.49. The number of halogens is 5. The van der Waals surface area contributed by atoms with E-state index in [-0.39, 0.29) is 28.9 Å². The minimum atomic E-state index is -5.00. The molecular weight excluding hydrogens is 541 g/mol. The van der Waals surface area contributed by atoms with Crippen molar-refractivity contribution in [3.05, 3.63) is 95.0 Å². The van der Waals surface area contributed by atoms with Gasteiger partial charge in [-0.25, -0.2) is 8.78 Å². The highest BCUT2D eigenvalue weighted by molar-refractivity contribution is 6.11. The molecule has 0 radical (unpaired) electrons. The number of carbonyl (C=O) groups is 1. The Balaban J connectivity index is 1.91. The lowest BCUT2D eigenvalue weighted by molar-refractivity contribution is -0.112. The summed E-state index contributed by atoms with van der Waals surface area (Å²) in [5.41, 5.74) is -0.921. The Morgan fingerprint density at radius 3 is 2.41 bits per heavy atom. The third-order valence-electron chi connectivity index (χ3n) is 6.24. The number of alkyl halides is 4. The molecule has 1 saturated carbocycles. The second-order valence-electron chi connectivity index (χ2n) is 9.49. The van der Waals surface area contributed by atoms with Crippen LogP contribution in [0.1, 0.15) is 43.4 Å². The molecule has 1 fully saturated rings. The molecule has 11 heteroatoms. The molecule has 1 aliphatic carbocycles. The average molecular weight is 572 g/mol. The summed E-state index contributed by atoms with van der Waals surface area (Å²) in [4.78, 5) is 13.1. The monoisotopic (exact) mass is 571 g/mol. The summed E-state index contributed by atoms with van der Waals surface area (Å²) in [5.74, 6) is -0.934. The lowest BCUT2D eigenvalue weighted by Gasteiger charge is -2.22. The van der Waals surface area contributed by atoms with Crippen LogP contribution in [0, 0.1) is 22.7 Å². The molecule has 216 valence electrons. The van der Waals surface area contributed by atoms with Gasteiger partial charge in [-0.15, -0.1) is 0 Å². The van der Waals surface area contributed by atoms with Crippen LogP contribution >= 0.6 is 0 Å². The van der Waals surface area contributed by atoms with Crippen molar-refractivity contribution in [1.82, 2.24) is 5.32 Å². The zero-order valence-corrected chi connectivity index (χ0v) is 22.3. The Bertz CT molecular complexity index is 1390. The van der Waals surface area contributed by atoms with Gasteiger partial charge in [-0.05, 0) is 85.3 Å². The number of benzene rings is 2. The van der Waals surface area contributed by atoms with Gasteiger partial charge in [0.2, 0.25) is 0 Å². The summed E-state index contributed by atoms with van der Waals surface area (Å²) < 4.78 is 67.3. The normalized spacial score (nSPS) is 15.2. The molecule has 2 aromatic rings. The Morgan fingerprint density at radius 1 is 1.12 bits per heavy atom. The fraction of sp³-hybridized carbons (Fsp3) is 0.300. The van der Waals surface area contributed by atoms with E-state index in [1.807, 2.05) is 6.07 Å². The number of amides is 1. The van der Waals surface area contributed by atoms with Crippen LogP contribution in [0.5, 0.6) is 0 Å². The highest BCUT2D eigenvalue weighted by Gasteiger charge is 2.33. The largest absolute Gasteiger partial charge is 0.432 e. The Labute approximate surface area is 235 Å². The predicted octanol–water partition coefficient (Wildman–Crippen LogP) is 7.27. The van der Waals surface area contributed by atoms with Crippen molar-refractivity contribution in [2.45, 2.75) is 38.4 Å². The van der Waals surface area contributed by atoms with E-state index in [0.29, 0.717) is 24.1 Å². The number of nitriles is 1. The molecule has 2 aromatic carbocycles. The maximum Gasteiger partial charge on any atom is 0.432 e. The van der Waals surface area contributed by atoms with Crippen molar-refractivity contribution in [3.63, 3.8) is 0 Å². The fourth-order valence-electron chi connectivity index (χ4n) is 3.80. The van der Waals surface area contributed by atoms with Gasteiger partial charge in [0.05, 0.1) is 23.5 Å². The molecule has 0 heterocycles. The first-order chi connectivity index (χ1) is 19.5. The van der Waals surface area contributed by atoms with Gasteiger partial charge in [-0.3, -0.25) is 10.2 Å². The number of anilines is 2. The molecule has 0 saturated heterocycles. The number of carbonyl (C=O) groups excluding carboxylic acids is 1. The van der Waals surface area contributed by atoms with Crippen LogP contribution in [0.15, 0.2) is 83.9 Å². The van der Waals surface area contributed by atoms with Gasteiger partial charge < -0.3 is 16.0 Å². The zero-order chi connectivity index (χ0) is 30.0. The number of nitrogens with zero attached hydrogens (tertiary/aromatic N) is 1. The van der Waals surface area contributed by atoms with Crippen LogP contribution < -0.4 is 16.0 Å². The van der Waals surface area contributed by atoms with Gasteiger partial charge in [-0.1, -0.05) is 31.2 Å². The molecule has 0 aromatic heterocycles. The highest BCUT2D eigenvalue weighted by Crippen LogP contribution is 2.31. The van der Waals surface area contributed by atoms with Crippen LogP contribution in [-0.2, 0) is 4.79 Å². The predicted molar refractivity (Wildman–Crippen MR) is 149 cm³/mol. The van der Waals surface area contributed by atoms with E-state index >= 15 is 0 Å². The van der Waals surface area contributed by atoms with Crippen LogP contribution in [0.3, 0.4) is 0 Å². The molecule has 0 spiro atoms. The topological polar surface area (TPSA) is 101 Å². The van der Waals surface area contributed by atoms with Gasteiger partial charge in [0.25, 0.3) is 5.91 Å². The third kappa shape index (κ3) is 9.69. The highest BCUT2D eigenvalue weighted by atomic mass is 19.4. The van der Waals surface area contributed by atoms with Gasteiger partial charge in [0.15, 0.2) is 0 Å². The van der Waals surface area contributed by atoms with E-state index in [4.69, 9.17) is 10.7 Å². The first kappa shape index (κ1) is 31.2. The molecule has 3 rings (SSSR count). The minimum absolute atomic E-state index is 0.161. The summed E-state index contributed by atoms with van der Waals surface area (Å²) in [7, 11) is 0. The maximum atomic E-state index is 14.1. The Kier molecular flexibility index (Phi) is 10.9. The SMILES string of the molecule is CC/C(F)=C\C=C(/CF)C(NCC1CC1)c1cccc(NC(=O)/C(=C/C(=N)C(F)(F)F)Nc2cccc(C#N)c2)c1. The van der Waals surface area contributed by atoms with Crippen LogP contribution in [-0.4, -0.2) is 31.0 Å². The van der Waals surface area contributed by atoms with Crippen LogP contribution in [0.2, 0.25) is 0 Å². The zero-order valence-electron chi connectivity index (χ0n) is 22.3. The van der Waals surface area contributed by atoms with Crippen LogP contribution in [0.4, 0.5) is 33.3 Å². The summed E-state index contributed by atoms with van der Waals surface area (Å²) >= 11 is 0. The van der Waals surface area contributed by atoms with E-state index in [2.05, 4.69) is 16.0 Å². The van der Waals surface area contributed by atoms with E-state index in [9.17, 15) is 26.7 Å². The molecule has 41 heavy (non-hydrogen) atoms. The summed E-state index contributed by atoms with van der Waals surface area (Å²) in [6.07, 6.45) is 0.208. The van der Waals surface area contributed by atoms with Crippen molar-refractivity contribution in [2.75, 3.05) is 23.9 Å². The number of nitrogens with one attached hydrogen (secondary N) is 4. The molecule has 1 atom stereocenters. The Morgan fingerprint density at radius 2 is 1.80 bits per heavy atom. The summed E-state index contributed by atoms with van der Waals surface area (Å²) in [5, 5.41) is 24.9. The van der Waals surface area contributed by atoms with Gasteiger partial charge >= 0.3 is 6.18 Å². The van der Waals surface area contributed by atoms with E-state index < -0.39 is 42.0 Å². The molecule has 1 aliphatic rings. The Hall–Kier alpha value is -4.30. The van der Waals surface area contributed by atoms with E-state index in [1.165, 1.54) is 42.5 Å². The lowest BCUT2D eigenvalue weighted by Crippen LogP contribution is -2.27. The van der Waals surface area contributed by atoms with Crippen molar-refractivity contribution < 1.29 is 26.7 Å². The molecule has 4 N–H and O–H groups in total. The van der Waals surface area contributed by atoms with Gasteiger partial charge in [-0.2, -0.15) is 18.4 Å². The third-order valence-corrected chi connectivity index (χ3v) is 6.24. The van der Waals surface area contributed by atoms with Gasteiger partial charge in [0, 0.05) is 11.4 Å². The molecule has 1 unspecified atom stereocenters. The summed E-state index contributed by atoms with van der Waals surface area (Å²) in [6.45, 7) is 1.39. The average Bonchev–Trinajstić information content (AvgIpc) is 3.78. The van der Waals surface area contributed by atoms with Crippen LogP contribution in [0.25, 0.3) is 0 Å². The fourth-order valence-corrected chi connectivity index (χ4v) is 3.80. The van der Waals surface area contributed by atoms with E-state index in [1.54, 1.807) is 25.1 Å². The molecule has 0 bridgehead atoms. The quantitative estimate of drug-likeness (QED) is 0.0879. The summed E-state index contributed by atoms with van der Waals surface area (Å²) in [6, 6.07) is 13.4. The standard InChI is InChI=1S/C30H30F5N5O/c1-2-23(32)12-11-22(16-31)28(38-18-19-9-10-19)21-6-4-8-25(14-21)40-29(41)26(15-27(37)30(33,34)35)39-24-7-3-5-20(13-24)17-36/h3-8,11-15,19,28,37-39H,2,9-10,16,18H2,1H3,(H,40,41)/b22-11+,23-12+,26-15-,37-27?. The smallest absolute Gasteiger partial charge is 0.351 e. The van der Waals surface area contributed by atoms with Crippen molar-refractivity contribution >= 4 is 23.0 Å². The lowest BCUT2D eigenvalue weighted by atomic mass is 9.97. The molecule has 0 aliphatic heterocycles. The maximum absolute atomic E-state index is 14.1. The first-order valence-electron chi connectivity index (χ1n) is 12.9. The molecule has 1 amide bonds. The van der Waals surface area contributed by atoms with Crippen molar-refractivity contribution in [1.29, 1.82) is 10.7 Å². The molecule has 6 nitrogen and oxygen atoms in total. The number of rotatable bonds is 13. The van der Waals surface area contributed by atoms with Crippen molar-refractivity contribution in [3.8, 4) is 6.07 Å². The number of allylic oxidation sites excluding steroid dienone is 4. The minimum Gasteiger partial charge on any atom is -0.351 e. The van der Waals surface area contributed by atoms with Crippen molar-refractivity contribution in [2.24, 2.45) is 5.92 Å². The first-order valence-corrected chi connectivity index (χ1v) is 12.9. The number of hydrogen-bond donors (Lipinski definition) is 4.